The summed E-state index contributed by atoms with van der Waals surface area (Å²) in [5.41, 5.74) is 1.51. The zero-order chi connectivity index (χ0) is 17.1. The van der Waals surface area contributed by atoms with Gasteiger partial charge in [-0.15, -0.1) is 0 Å². The van der Waals surface area contributed by atoms with Crippen LogP contribution in [0.2, 0.25) is 0 Å². The molecule has 7 nitrogen and oxygen atoms in total. The number of nitriles is 1. The molecule has 2 aromatic carbocycles. The van der Waals surface area contributed by atoms with Crippen molar-refractivity contribution in [2.24, 2.45) is 0 Å². The highest BCUT2D eigenvalue weighted by Gasteiger charge is 2.25. The second-order valence-electron chi connectivity index (χ2n) is 5.55. The Balaban J connectivity index is 1.79. The lowest BCUT2D eigenvalue weighted by Gasteiger charge is -2.08. The molecule has 0 bridgehead atoms. The molecule has 0 unspecified atom stereocenters. The van der Waals surface area contributed by atoms with Crippen molar-refractivity contribution >= 4 is 23.0 Å². The number of carbonyl (C=O) groups excluding carboxylic acids is 1. The highest BCUT2D eigenvalue weighted by Crippen LogP contribution is 2.31. The molecule has 0 spiro atoms. The molecule has 1 aliphatic carbocycles. The Hall–Kier alpha value is -3.40. The van der Waals surface area contributed by atoms with Crippen LogP contribution in [0.3, 0.4) is 0 Å². The van der Waals surface area contributed by atoms with Crippen molar-refractivity contribution in [3.8, 4) is 6.07 Å². The first-order valence-electron chi connectivity index (χ1n) is 7.43. The number of benzene rings is 2. The van der Waals surface area contributed by atoms with Crippen LogP contribution in [0.5, 0.6) is 0 Å². The third-order valence-corrected chi connectivity index (χ3v) is 3.67. The number of nitro benzene ring substituents is 1. The molecular weight excluding hydrogens is 308 g/mol. The lowest BCUT2D eigenvalue weighted by Crippen LogP contribution is -2.13. The van der Waals surface area contributed by atoms with Gasteiger partial charge in [-0.2, -0.15) is 5.26 Å². The number of rotatable bonds is 5. The number of hydrogen-bond acceptors (Lipinski definition) is 5. The molecule has 7 heteroatoms. The zero-order valence-electron chi connectivity index (χ0n) is 12.7. The van der Waals surface area contributed by atoms with Gasteiger partial charge in [0.05, 0.1) is 16.6 Å². The first-order chi connectivity index (χ1) is 11.6. The Kier molecular flexibility index (Phi) is 4.12. The molecule has 0 heterocycles. The summed E-state index contributed by atoms with van der Waals surface area (Å²) in [7, 11) is 0. The number of carbonyl (C=O) groups is 1. The molecule has 2 N–H and O–H groups in total. The molecule has 1 saturated carbocycles. The molecule has 3 rings (SSSR count). The van der Waals surface area contributed by atoms with Gasteiger partial charge in [0.15, 0.2) is 0 Å². The molecular formula is C17H14N4O3. The number of nitrogens with zero attached hydrogens (tertiary/aromatic N) is 2. The normalized spacial score (nSPS) is 13.0. The highest BCUT2D eigenvalue weighted by molar-refractivity contribution is 6.05. The van der Waals surface area contributed by atoms with Gasteiger partial charge in [0, 0.05) is 23.4 Å². The fraction of sp³-hybridized carbons (Fsp3) is 0.176. The SMILES string of the molecule is N#Cc1ccc(NC(=O)c2ccc(NC3CC3)c([N+](=O)[O-])c2)cc1. The van der Waals surface area contributed by atoms with E-state index >= 15 is 0 Å². The molecule has 0 saturated heterocycles. The van der Waals surface area contributed by atoms with E-state index in [0.29, 0.717) is 16.9 Å². The third kappa shape index (κ3) is 3.50. The summed E-state index contributed by atoms with van der Waals surface area (Å²) in [6.07, 6.45) is 2.00. The monoisotopic (exact) mass is 322 g/mol. The summed E-state index contributed by atoms with van der Waals surface area (Å²) >= 11 is 0. The van der Waals surface area contributed by atoms with E-state index in [1.54, 1.807) is 36.4 Å². The molecule has 0 aromatic heterocycles. The molecule has 1 aliphatic rings. The van der Waals surface area contributed by atoms with Gasteiger partial charge in [-0.25, -0.2) is 0 Å². The predicted molar refractivity (Wildman–Crippen MR) is 88.9 cm³/mol. The van der Waals surface area contributed by atoms with Crippen LogP contribution >= 0.6 is 0 Å². The van der Waals surface area contributed by atoms with Gasteiger partial charge < -0.3 is 10.6 Å². The first kappa shape index (κ1) is 15.5. The van der Waals surface area contributed by atoms with Crippen LogP contribution in [0.15, 0.2) is 42.5 Å². The van der Waals surface area contributed by atoms with Crippen LogP contribution in [0.25, 0.3) is 0 Å². The van der Waals surface area contributed by atoms with Gasteiger partial charge >= 0.3 is 0 Å². The van der Waals surface area contributed by atoms with Crippen LogP contribution in [-0.2, 0) is 0 Å². The fourth-order valence-corrected chi connectivity index (χ4v) is 2.22. The maximum atomic E-state index is 12.3. The van der Waals surface area contributed by atoms with E-state index in [1.807, 2.05) is 6.07 Å². The van der Waals surface area contributed by atoms with Gasteiger partial charge in [-0.3, -0.25) is 14.9 Å². The molecule has 2 aromatic rings. The second-order valence-corrected chi connectivity index (χ2v) is 5.55. The minimum absolute atomic E-state index is 0.116. The molecule has 120 valence electrons. The van der Waals surface area contributed by atoms with E-state index in [9.17, 15) is 14.9 Å². The van der Waals surface area contributed by atoms with Crippen LogP contribution in [0.1, 0.15) is 28.8 Å². The van der Waals surface area contributed by atoms with Crippen molar-refractivity contribution in [3.05, 3.63) is 63.7 Å². The zero-order valence-corrected chi connectivity index (χ0v) is 12.7. The molecule has 1 amide bonds. The summed E-state index contributed by atoms with van der Waals surface area (Å²) in [6.45, 7) is 0. The molecule has 0 aliphatic heterocycles. The van der Waals surface area contributed by atoms with Crippen LogP contribution in [0.4, 0.5) is 17.1 Å². The van der Waals surface area contributed by atoms with E-state index < -0.39 is 10.8 Å². The number of nitro groups is 1. The van der Waals surface area contributed by atoms with Crippen molar-refractivity contribution < 1.29 is 9.72 Å². The molecule has 24 heavy (non-hydrogen) atoms. The Labute approximate surface area is 138 Å². The van der Waals surface area contributed by atoms with E-state index in [4.69, 9.17) is 5.26 Å². The minimum atomic E-state index is -0.497. The van der Waals surface area contributed by atoms with E-state index in [1.165, 1.54) is 6.07 Å². The minimum Gasteiger partial charge on any atom is -0.377 e. The van der Waals surface area contributed by atoms with Crippen molar-refractivity contribution in [1.29, 1.82) is 5.26 Å². The van der Waals surface area contributed by atoms with Crippen LogP contribution in [0, 0.1) is 21.4 Å². The third-order valence-electron chi connectivity index (χ3n) is 3.67. The number of anilines is 2. The molecule has 0 atom stereocenters. The maximum Gasteiger partial charge on any atom is 0.293 e. The average Bonchev–Trinajstić information content (AvgIpc) is 3.39. The van der Waals surface area contributed by atoms with Gasteiger partial charge in [-0.05, 0) is 49.2 Å². The van der Waals surface area contributed by atoms with Crippen molar-refractivity contribution in [3.63, 3.8) is 0 Å². The Morgan fingerprint density at radius 1 is 1.21 bits per heavy atom. The Morgan fingerprint density at radius 2 is 1.92 bits per heavy atom. The fourth-order valence-electron chi connectivity index (χ4n) is 2.22. The van der Waals surface area contributed by atoms with E-state index in [2.05, 4.69) is 10.6 Å². The van der Waals surface area contributed by atoms with Crippen LogP contribution in [-0.4, -0.2) is 16.9 Å². The summed E-state index contributed by atoms with van der Waals surface area (Å²) in [5.74, 6) is -0.444. The van der Waals surface area contributed by atoms with Gasteiger partial charge in [0.1, 0.15) is 5.69 Å². The predicted octanol–water partition coefficient (Wildman–Crippen LogP) is 3.29. The Morgan fingerprint density at radius 3 is 2.50 bits per heavy atom. The van der Waals surface area contributed by atoms with E-state index in [-0.39, 0.29) is 17.3 Å². The average molecular weight is 322 g/mol. The van der Waals surface area contributed by atoms with Gasteiger partial charge in [0.25, 0.3) is 11.6 Å². The standard InChI is InChI=1S/C17H14N4O3/c18-10-11-1-4-14(5-2-11)20-17(22)12-3-8-15(19-13-6-7-13)16(9-12)21(23)24/h1-5,8-9,13,19H,6-7H2,(H,20,22). The van der Waals surface area contributed by atoms with Crippen LogP contribution < -0.4 is 10.6 Å². The van der Waals surface area contributed by atoms with Crippen molar-refractivity contribution in [2.45, 2.75) is 18.9 Å². The maximum absolute atomic E-state index is 12.3. The topological polar surface area (TPSA) is 108 Å². The number of amides is 1. The number of nitrogens with one attached hydrogen (secondary N) is 2. The number of hydrogen-bond donors (Lipinski definition) is 2. The van der Waals surface area contributed by atoms with Crippen molar-refractivity contribution in [1.82, 2.24) is 0 Å². The lowest BCUT2D eigenvalue weighted by molar-refractivity contribution is -0.384. The van der Waals surface area contributed by atoms with Gasteiger partial charge in [-0.1, -0.05) is 0 Å². The molecule has 1 fully saturated rings. The second kappa shape index (κ2) is 6.38. The largest absolute Gasteiger partial charge is 0.377 e. The Bertz CT molecular complexity index is 836. The summed E-state index contributed by atoms with van der Waals surface area (Å²) in [4.78, 5) is 23.0. The quantitative estimate of drug-likeness (QED) is 0.648. The summed E-state index contributed by atoms with van der Waals surface area (Å²) in [6, 6.07) is 13.0. The summed E-state index contributed by atoms with van der Waals surface area (Å²) < 4.78 is 0. The lowest BCUT2D eigenvalue weighted by atomic mass is 10.1. The smallest absolute Gasteiger partial charge is 0.293 e. The first-order valence-corrected chi connectivity index (χ1v) is 7.43. The van der Waals surface area contributed by atoms with E-state index in [0.717, 1.165) is 12.8 Å². The molecule has 0 radical (unpaired) electrons. The summed E-state index contributed by atoms with van der Waals surface area (Å²) in [5, 5.41) is 25.7. The van der Waals surface area contributed by atoms with Crippen molar-refractivity contribution in [2.75, 3.05) is 10.6 Å². The highest BCUT2D eigenvalue weighted by atomic mass is 16.6. The van der Waals surface area contributed by atoms with Gasteiger partial charge in [0.2, 0.25) is 0 Å².